The third kappa shape index (κ3) is 5.51. The number of alkyl halides is 3. The number of anilines is 1. The zero-order chi connectivity index (χ0) is 14.5. The molecular formula is C14H21F3N2. The molecule has 2 N–H and O–H groups in total. The second-order valence-corrected chi connectivity index (χ2v) is 4.67. The topological polar surface area (TPSA) is 29.3 Å². The summed E-state index contributed by atoms with van der Waals surface area (Å²) in [5, 5.41) is 0. The fraction of sp³-hybridized carbons (Fsp3) is 0.571. The van der Waals surface area contributed by atoms with Crippen LogP contribution in [0.4, 0.5) is 18.9 Å². The van der Waals surface area contributed by atoms with Gasteiger partial charge in [-0.05, 0) is 37.5 Å². The maximum absolute atomic E-state index is 12.4. The third-order valence-electron chi connectivity index (χ3n) is 3.08. The Morgan fingerprint density at radius 3 is 2.16 bits per heavy atom. The quantitative estimate of drug-likeness (QED) is 0.862. The van der Waals surface area contributed by atoms with Crippen molar-refractivity contribution >= 4 is 5.69 Å². The van der Waals surface area contributed by atoms with Gasteiger partial charge in [0, 0.05) is 18.3 Å². The van der Waals surface area contributed by atoms with Crippen molar-refractivity contribution in [2.24, 2.45) is 5.73 Å². The van der Waals surface area contributed by atoms with E-state index in [0.29, 0.717) is 12.2 Å². The molecular weight excluding hydrogens is 253 g/mol. The van der Waals surface area contributed by atoms with Crippen LogP contribution in [0, 0.1) is 0 Å². The minimum atomic E-state index is -4.18. The number of rotatable bonds is 6. The van der Waals surface area contributed by atoms with Crippen molar-refractivity contribution in [2.45, 2.75) is 38.9 Å². The molecule has 1 rings (SSSR count). The van der Waals surface area contributed by atoms with E-state index in [-0.39, 0.29) is 6.04 Å². The van der Waals surface area contributed by atoms with Crippen molar-refractivity contribution in [3.05, 3.63) is 29.8 Å². The Morgan fingerprint density at radius 1 is 1.16 bits per heavy atom. The maximum atomic E-state index is 12.4. The van der Waals surface area contributed by atoms with Gasteiger partial charge in [0.05, 0.1) is 0 Å². The molecule has 0 aliphatic carbocycles. The normalized spacial score (nSPS) is 13.4. The van der Waals surface area contributed by atoms with Crippen LogP contribution in [0.15, 0.2) is 24.3 Å². The molecule has 0 fully saturated rings. The van der Waals surface area contributed by atoms with Gasteiger partial charge in [-0.1, -0.05) is 19.1 Å². The molecule has 1 aromatic carbocycles. The van der Waals surface area contributed by atoms with Crippen LogP contribution >= 0.6 is 0 Å². The molecule has 0 aliphatic heterocycles. The molecule has 1 aromatic rings. The minimum Gasteiger partial charge on any atom is -0.363 e. The lowest BCUT2D eigenvalue weighted by Gasteiger charge is -2.24. The molecule has 2 nitrogen and oxygen atoms in total. The SMILES string of the molecule is CCC(N)Cc1ccc(N(CC)CC(F)(F)F)cc1. The van der Waals surface area contributed by atoms with E-state index in [0.717, 1.165) is 18.4 Å². The first-order valence-corrected chi connectivity index (χ1v) is 6.52. The lowest BCUT2D eigenvalue weighted by Crippen LogP contribution is -2.34. The smallest absolute Gasteiger partial charge is 0.363 e. The Morgan fingerprint density at radius 2 is 1.74 bits per heavy atom. The van der Waals surface area contributed by atoms with Crippen LogP contribution in [0.25, 0.3) is 0 Å². The molecule has 0 saturated heterocycles. The fourth-order valence-corrected chi connectivity index (χ4v) is 1.89. The van der Waals surface area contributed by atoms with Gasteiger partial charge in [-0.25, -0.2) is 0 Å². The molecule has 1 atom stereocenters. The van der Waals surface area contributed by atoms with Crippen LogP contribution in [0.1, 0.15) is 25.8 Å². The number of nitrogens with two attached hydrogens (primary N) is 1. The monoisotopic (exact) mass is 274 g/mol. The molecule has 0 bridgehead atoms. The number of hydrogen-bond acceptors (Lipinski definition) is 2. The predicted molar refractivity (Wildman–Crippen MR) is 72.4 cm³/mol. The standard InChI is InChI=1S/C14H21F3N2/c1-3-12(18)9-11-5-7-13(8-6-11)19(4-2)10-14(15,16)17/h5-8,12H,3-4,9-10,18H2,1-2H3. The van der Waals surface area contributed by atoms with Crippen LogP contribution < -0.4 is 10.6 Å². The Labute approximate surface area is 112 Å². The summed E-state index contributed by atoms with van der Waals surface area (Å²) in [5.41, 5.74) is 7.50. The number of hydrogen-bond donors (Lipinski definition) is 1. The summed E-state index contributed by atoms with van der Waals surface area (Å²) in [6, 6.07) is 7.26. The van der Waals surface area contributed by atoms with E-state index in [9.17, 15) is 13.2 Å². The van der Waals surface area contributed by atoms with Crippen molar-refractivity contribution in [1.29, 1.82) is 0 Å². The summed E-state index contributed by atoms with van der Waals surface area (Å²) in [4.78, 5) is 1.31. The highest BCUT2D eigenvalue weighted by molar-refractivity contribution is 5.47. The van der Waals surface area contributed by atoms with Crippen molar-refractivity contribution < 1.29 is 13.2 Å². The van der Waals surface area contributed by atoms with E-state index in [1.165, 1.54) is 4.90 Å². The van der Waals surface area contributed by atoms with Gasteiger partial charge in [0.25, 0.3) is 0 Å². The van der Waals surface area contributed by atoms with Crippen molar-refractivity contribution in [1.82, 2.24) is 0 Å². The van der Waals surface area contributed by atoms with Crippen LogP contribution in [-0.4, -0.2) is 25.3 Å². The molecule has 0 amide bonds. The summed E-state index contributed by atoms with van der Waals surface area (Å²) in [7, 11) is 0. The van der Waals surface area contributed by atoms with E-state index < -0.39 is 12.7 Å². The molecule has 0 spiro atoms. The minimum absolute atomic E-state index is 0.100. The molecule has 1 unspecified atom stereocenters. The Kier molecular flexibility index (Phi) is 5.66. The average molecular weight is 274 g/mol. The van der Waals surface area contributed by atoms with Gasteiger partial charge >= 0.3 is 6.18 Å². The zero-order valence-corrected chi connectivity index (χ0v) is 11.4. The first kappa shape index (κ1) is 15.8. The molecule has 0 aliphatic rings. The van der Waals surface area contributed by atoms with Gasteiger partial charge in [-0.3, -0.25) is 0 Å². The van der Waals surface area contributed by atoms with Crippen LogP contribution in [0.5, 0.6) is 0 Å². The largest absolute Gasteiger partial charge is 0.405 e. The molecule has 0 saturated carbocycles. The summed E-state index contributed by atoms with van der Waals surface area (Å²) in [6.07, 6.45) is -2.54. The van der Waals surface area contributed by atoms with Crippen LogP contribution in [-0.2, 0) is 6.42 Å². The van der Waals surface area contributed by atoms with Gasteiger partial charge in [-0.15, -0.1) is 0 Å². The summed E-state index contributed by atoms with van der Waals surface area (Å²) in [5.74, 6) is 0. The van der Waals surface area contributed by atoms with E-state index in [4.69, 9.17) is 5.73 Å². The fourth-order valence-electron chi connectivity index (χ4n) is 1.89. The van der Waals surface area contributed by atoms with Crippen LogP contribution in [0.3, 0.4) is 0 Å². The van der Waals surface area contributed by atoms with Gasteiger partial charge in [0.15, 0.2) is 0 Å². The third-order valence-corrected chi connectivity index (χ3v) is 3.08. The van der Waals surface area contributed by atoms with E-state index >= 15 is 0 Å². The zero-order valence-electron chi connectivity index (χ0n) is 11.4. The first-order chi connectivity index (χ1) is 8.85. The second kappa shape index (κ2) is 6.80. The summed E-state index contributed by atoms with van der Waals surface area (Å²) >= 11 is 0. The lowest BCUT2D eigenvalue weighted by molar-refractivity contribution is -0.119. The Bertz CT molecular complexity index is 373. The van der Waals surface area contributed by atoms with E-state index in [1.807, 2.05) is 19.1 Å². The second-order valence-electron chi connectivity index (χ2n) is 4.67. The summed E-state index contributed by atoms with van der Waals surface area (Å²) in [6.45, 7) is 3.14. The van der Waals surface area contributed by atoms with Crippen molar-refractivity contribution in [2.75, 3.05) is 18.0 Å². The maximum Gasteiger partial charge on any atom is 0.405 e. The van der Waals surface area contributed by atoms with Gasteiger partial charge < -0.3 is 10.6 Å². The molecule has 0 radical (unpaired) electrons. The summed E-state index contributed by atoms with van der Waals surface area (Å²) < 4.78 is 37.3. The lowest BCUT2D eigenvalue weighted by atomic mass is 10.0. The Hall–Kier alpha value is -1.23. The highest BCUT2D eigenvalue weighted by Crippen LogP contribution is 2.22. The average Bonchev–Trinajstić information content (AvgIpc) is 2.35. The molecule has 0 aromatic heterocycles. The van der Waals surface area contributed by atoms with E-state index in [1.54, 1.807) is 19.1 Å². The van der Waals surface area contributed by atoms with Gasteiger partial charge in [0.2, 0.25) is 0 Å². The van der Waals surface area contributed by atoms with Crippen molar-refractivity contribution in [3.63, 3.8) is 0 Å². The number of nitrogens with zero attached hydrogens (tertiary/aromatic N) is 1. The highest BCUT2D eigenvalue weighted by atomic mass is 19.4. The van der Waals surface area contributed by atoms with Crippen LogP contribution in [0.2, 0.25) is 0 Å². The highest BCUT2D eigenvalue weighted by Gasteiger charge is 2.30. The van der Waals surface area contributed by atoms with E-state index in [2.05, 4.69) is 0 Å². The number of halogens is 3. The predicted octanol–water partition coefficient (Wildman–Crippen LogP) is 3.36. The molecule has 5 heteroatoms. The molecule has 0 heterocycles. The Balaban J connectivity index is 2.73. The molecule has 108 valence electrons. The van der Waals surface area contributed by atoms with Gasteiger partial charge in [-0.2, -0.15) is 13.2 Å². The first-order valence-electron chi connectivity index (χ1n) is 6.52. The number of benzene rings is 1. The van der Waals surface area contributed by atoms with Gasteiger partial charge in [0.1, 0.15) is 6.54 Å². The van der Waals surface area contributed by atoms with Crippen molar-refractivity contribution in [3.8, 4) is 0 Å². The molecule has 19 heavy (non-hydrogen) atoms.